The lowest BCUT2D eigenvalue weighted by molar-refractivity contribution is 0.127. The number of nitrogens with one attached hydrogen (secondary N) is 2. The summed E-state index contributed by atoms with van der Waals surface area (Å²) in [5.41, 5.74) is 0.0335. The second-order valence-electron chi connectivity index (χ2n) is 6.00. The number of ether oxygens (including phenoxy) is 1. The summed E-state index contributed by atoms with van der Waals surface area (Å²) in [6.07, 6.45) is 1.76. The minimum Gasteiger partial charge on any atom is -0.396 e. The summed E-state index contributed by atoms with van der Waals surface area (Å²) < 4.78 is 5.52. The van der Waals surface area contributed by atoms with E-state index in [1.807, 2.05) is 0 Å². The Kier molecular flexibility index (Phi) is 9.41. The van der Waals surface area contributed by atoms with E-state index in [1.165, 1.54) is 4.88 Å². The molecule has 0 spiro atoms. The van der Waals surface area contributed by atoms with Crippen molar-refractivity contribution in [3.05, 3.63) is 22.4 Å². The zero-order valence-electron chi connectivity index (χ0n) is 13.9. The van der Waals surface area contributed by atoms with Gasteiger partial charge in [-0.25, -0.2) is 0 Å². The molecule has 2 atom stereocenters. The Morgan fingerprint density at radius 3 is 2.91 bits per heavy atom. The first-order valence-electron chi connectivity index (χ1n) is 7.86. The SMILES string of the molecule is CN=C(NCC(C)c1cccs1)NCC1(CCO)CCOC1.I. The second-order valence-corrected chi connectivity index (χ2v) is 6.98. The van der Waals surface area contributed by atoms with E-state index in [9.17, 15) is 5.11 Å². The molecule has 2 unspecified atom stereocenters. The Hall–Kier alpha value is -0.380. The molecule has 132 valence electrons. The van der Waals surface area contributed by atoms with Crippen LogP contribution in [-0.4, -0.2) is 51.0 Å². The van der Waals surface area contributed by atoms with Gasteiger partial charge in [0.25, 0.3) is 0 Å². The number of halogens is 1. The fraction of sp³-hybridized carbons (Fsp3) is 0.688. The molecule has 0 radical (unpaired) electrons. The molecule has 3 N–H and O–H groups in total. The van der Waals surface area contributed by atoms with Crippen LogP contribution in [-0.2, 0) is 4.74 Å². The fourth-order valence-electron chi connectivity index (χ4n) is 2.73. The molecule has 0 aromatic carbocycles. The monoisotopic (exact) mass is 453 g/mol. The lowest BCUT2D eigenvalue weighted by Gasteiger charge is -2.28. The Labute approximate surface area is 159 Å². The molecule has 2 heterocycles. The van der Waals surface area contributed by atoms with Crippen molar-refractivity contribution >= 4 is 41.3 Å². The van der Waals surface area contributed by atoms with Crippen LogP contribution in [0.25, 0.3) is 0 Å². The first kappa shape index (κ1) is 20.7. The average molecular weight is 453 g/mol. The maximum absolute atomic E-state index is 9.27. The molecule has 23 heavy (non-hydrogen) atoms. The van der Waals surface area contributed by atoms with Crippen LogP contribution in [0.15, 0.2) is 22.5 Å². The van der Waals surface area contributed by atoms with Gasteiger partial charge in [-0.3, -0.25) is 4.99 Å². The number of hydrogen-bond donors (Lipinski definition) is 3. The van der Waals surface area contributed by atoms with Gasteiger partial charge in [-0.2, -0.15) is 0 Å². The van der Waals surface area contributed by atoms with E-state index in [0.29, 0.717) is 12.5 Å². The fourth-order valence-corrected chi connectivity index (χ4v) is 3.51. The summed E-state index contributed by atoms with van der Waals surface area (Å²) >= 11 is 1.79. The standard InChI is InChI=1S/C16H27N3O2S.HI/c1-13(14-4-3-9-22-14)10-18-15(17-2)19-11-16(5-7-20)6-8-21-12-16;/h3-4,9,13,20H,5-8,10-12H2,1-2H3,(H2,17,18,19);1H. The molecule has 1 saturated heterocycles. The first-order chi connectivity index (χ1) is 10.7. The van der Waals surface area contributed by atoms with E-state index in [-0.39, 0.29) is 36.0 Å². The molecule has 1 fully saturated rings. The lowest BCUT2D eigenvalue weighted by Crippen LogP contribution is -2.45. The van der Waals surface area contributed by atoms with Gasteiger partial charge < -0.3 is 20.5 Å². The van der Waals surface area contributed by atoms with E-state index in [0.717, 1.165) is 38.5 Å². The molecule has 2 rings (SSSR count). The maximum atomic E-state index is 9.27. The Balaban J connectivity index is 0.00000264. The number of aliphatic imine (C=N–C) groups is 1. The van der Waals surface area contributed by atoms with Crippen LogP contribution < -0.4 is 10.6 Å². The van der Waals surface area contributed by atoms with Crippen molar-refractivity contribution in [1.82, 2.24) is 10.6 Å². The van der Waals surface area contributed by atoms with Crippen molar-refractivity contribution in [3.8, 4) is 0 Å². The summed E-state index contributed by atoms with van der Waals surface area (Å²) in [6, 6.07) is 4.25. The van der Waals surface area contributed by atoms with E-state index in [2.05, 4.69) is 40.1 Å². The Morgan fingerprint density at radius 2 is 2.35 bits per heavy atom. The summed E-state index contributed by atoms with van der Waals surface area (Å²) in [6.45, 7) is 5.53. The molecule has 5 nitrogen and oxygen atoms in total. The van der Waals surface area contributed by atoms with Gasteiger partial charge in [0.1, 0.15) is 0 Å². The van der Waals surface area contributed by atoms with E-state index in [1.54, 1.807) is 18.4 Å². The molecule has 1 aliphatic rings. The molecular formula is C16H28IN3O2S. The molecule has 0 amide bonds. The zero-order valence-corrected chi connectivity index (χ0v) is 17.0. The second kappa shape index (κ2) is 10.5. The minimum absolute atomic E-state index is 0. The summed E-state index contributed by atoms with van der Waals surface area (Å²) in [5, 5.41) is 18.1. The van der Waals surface area contributed by atoms with E-state index in [4.69, 9.17) is 4.74 Å². The maximum Gasteiger partial charge on any atom is 0.191 e. The number of hydrogen-bond acceptors (Lipinski definition) is 4. The zero-order chi connectivity index (χ0) is 15.8. The highest BCUT2D eigenvalue weighted by Gasteiger charge is 2.34. The highest BCUT2D eigenvalue weighted by Crippen LogP contribution is 2.31. The van der Waals surface area contributed by atoms with Gasteiger partial charge in [0.05, 0.1) is 6.61 Å². The number of aliphatic hydroxyl groups excluding tert-OH is 1. The third-order valence-electron chi connectivity index (χ3n) is 4.29. The largest absolute Gasteiger partial charge is 0.396 e. The van der Waals surface area contributed by atoms with Crippen LogP contribution in [0, 0.1) is 5.41 Å². The van der Waals surface area contributed by atoms with Gasteiger partial charge >= 0.3 is 0 Å². The normalized spacial score (nSPS) is 22.5. The van der Waals surface area contributed by atoms with Crippen LogP contribution in [0.3, 0.4) is 0 Å². The predicted octanol–water partition coefficient (Wildman–Crippen LogP) is 2.42. The first-order valence-corrected chi connectivity index (χ1v) is 8.73. The molecule has 7 heteroatoms. The van der Waals surface area contributed by atoms with Crippen LogP contribution in [0.4, 0.5) is 0 Å². The molecule has 1 aromatic heterocycles. The predicted molar refractivity (Wildman–Crippen MR) is 107 cm³/mol. The number of guanidine groups is 1. The van der Waals surface area contributed by atoms with Crippen LogP contribution in [0.1, 0.15) is 30.6 Å². The van der Waals surface area contributed by atoms with Crippen molar-refractivity contribution in [1.29, 1.82) is 0 Å². The Morgan fingerprint density at radius 1 is 1.52 bits per heavy atom. The molecule has 1 aromatic rings. The van der Waals surface area contributed by atoms with Gasteiger partial charge in [0.15, 0.2) is 5.96 Å². The lowest BCUT2D eigenvalue weighted by atomic mass is 9.84. The van der Waals surface area contributed by atoms with Crippen molar-refractivity contribution in [2.45, 2.75) is 25.7 Å². The molecule has 0 aliphatic carbocycles. The van der Waals surface area contributed by atoms with Gasteiger partial charge in [0, 0.05) is 49.6 Å². The van der Waals surface area contributed by atoms with Gasteiger partial charge in [0.2, 0.25) is 0 Å². The smallest absolute Gasteiger partial charge is 0.191 e. The third-order valence-corrected chi connectivity index (χ3v) is 5.39. The van der Waals surface area contributed by atoms with Crippen molar-refractivity contribution in [3.63, 3.8) is 0 Å². The summed E-state index contributed by atoms with van der Waals surface area (Å²) in [4.78, 5) is 5.67. The number of thiophene rings is 1. The van der Waals surface area contributed by atoms with Crippen LogP contribution >= 0.6 is 35.3 Å². The van der Waals surface area contributed by atoms with Gasteiger partial charge in [-0.05, 0) is 24.3 Å². The number of aliphatic hydroxyl groups is 1. The quantitative estimate of drug-likeness (QED) is 0.337. The van der Waals surface area contributed by atoms with Crippen molar-refractivity contribution < 1.29 is 9.84 Å². The molecule has 1 aliphatic heterocycles. The minimum atomic E-state index is 0. The van der Waals surface area contributed by atoms with Crippen molar-refractivity contribution in [2.75, 3.05) is 40.0 Å². The number of nitrogens with zero attached hydrogens (tertiary/aromatic N) is 1. The van der Waals surface area contributed by atoms with Crippen LogP contribution in [0.2, 0.25) is 0 Å². The number of rotatable bonds is 7. The Bertz CT molecular complexity index is 462. The topological polar surface area (TPSA) is 65.9 Å². The summed E-state index contributed by atoms with van der Waals surface area (Å²) in [7, 11) is 1.79. The summed E-state index contributed by atoms with van der Waals surface area (Å²) in [5.74, 6) is 1.27. The molecule has 0 bridgehead atoms. The molecular weight excluding hydrogens is 425 g/mol. The highest BCUT2D eigenvalue weighted by atomic mass is 127. The van der Waals surface area contributed by atoms with E-state index >= 15 is 0 Å². The van der Waals surface area contributed by atoms with Gasteiger partial charge in [-0.1, -0.05) is 13.0 Å². The molecule has 0 saturated carbocycles. The van der Waals surface area contributed by atoms with Gasteiger partial charge in [-0.15, -0.1) is 35.3 Å². The third kappa shape index (κ3) is 6.21. The average Bonchev–Trinajstić information content (AvgIpc) is 3.19. The van der Waals surface area contributed by atoms with Crippen LogP contribution in [0.5, 0.6) is 0 Å². The highest BCUT2D eigenvalue weighted by molar-refractivity contribution is 14.0. The van der Waals surface area contributed by atoms with Crippen molar-refractivity contribution in [2.24, 2.45) is 10.4 Å². The van der Waals surface area contributed by atoms with E-state index < -0.39 is 0 Å².